The largest absolute Gasteiger partial charge is 0.325 e. The molecule has 2 N–H and O–H groups in total. The summed E-state index contributed by atoms with van der Waals surface area (Å²) in [5, 5.41) is 0. The van der Waals surface area contributed by atoms with Gasteiger partial charge in [-0.15, -0.1) is 0 Å². The van der Waals surface area contributed by atoms with Crippen molar-refractivity contribution in [1.82, 2.24) is 0 Å². The van der Waals surface area contributed by atoms with Gasteiger partial charge < -0.3 is 5.73 Å². The van der Waals surface area contributed by atoms with Crippen molar-refractivity contribution in [2.45, 2.75) is 57.4 Å². The summed E-state index contributed by atoms with van der Waals surface area (Å²) in [7, 11) is -2.87. The second-order valence-corrected chi connectivity index (χ2v) is 7.71. The van der Waals surface area contributed by atoms with Crippen molar-refractivity contribution < 1.29 is 8.42 Å². The average Bonchev–Trinajstić information content (AvgIpc) is 2.37. The van der Waals surface area contributed by atoms with Crippen molar-refractivity contribution >= 4 is 9.84 Å². The molecular weight excluding hydrogens is 222 g/mol. The molecule has 1 saturated carbocycles. The van der Waals surface area contributed by atoms with Crippen molar-refractivity contribution in [1.29, 1.82) is 0 Å². The van der Waals surface area contributed by atoms with Gasteiger partial charge in [0, 0.05) is 11.8 Å². The monoisotopic (exact) mass is 247 g/mol. The van der Waals surface area contributed by atoms with Gasteiger partial charge in [-0.2, -0.15) is 0 Å². The summed E-state index contributed by atoms with van der Waals surface area (Å²) in [5.41, 5.74) is 6.09. The molecule has 0 aromatic heterocycles. The molecule has 0 radical (unpaired) electrons. The molecule has 2 unspecified atom stereocenters. The maximum atomic E-state index is 11.2. The first kappa shape index (κ1) is 14.0. The van der Waals surface area contributed by atoms with E-state index in [1.54, 1.807) is 0 Å². The highest BCUT2D eigenvalue weighted by Crippen LogP contribution is 2.32. The third kappa shape index (κ3) is 4.83. The van der Waals surface area contributed by atoms with Gasteiger partial charge in [0.25, 0.3) is 0 Å². The van der Waals surface area contributed by atoms with Crippen LogP contribution in [0.2, 0.25) is 0 Å². The van der Waals surface area contributed by atoms with Gasteiger partial charge in [0.1, 0.15) is 9.84 Å². The van der Waals surface area contributed by atoms with Crippen LogP contribution in [0.25, 0.3) is 0 Å². The maximum absolute atomic E-state index is 11.2. The van der Waals surface area contributed by atoms with Gasteiger partial charge in [-0.3, -0.25) is 0 Å². The van der Waals surface area contributed by atoms with Crippen LogP contribution in [-0.2, 0) is 9.84 Å². The predicted octanol–water partition coefficient (Wildman–Crippen LogP) is 2.11. The van der Waals surface area contributed by atoms with Crippen molar-refractivity contribution in [3.05, 3.63) is 0 Å². The Bertz CT molecular complexity index is 313. The van der Waals surface area contributed by atoms with Gasteiger partial charge in [0.15, 0.2) is 0 Å². The van der Waals surface area contributed by atoms with E-state index in [1.165, 1.54) is 19.1 Å². The summed E-state index contributed by atoms with van der Waals surface area (Å²) in [6.07, 6.45) is 8.69. The summed E-state index contributed by atoms with van der Waals surface area (Å²) in [4.78, 5) is 0. The van der Waals surface area contributed by atoms with Crippen LogP contribution in [-0.4, -0.2) is 26.0 Å². The SMILES string of the molecule is CCC1CCCC(N)(CCS(C)(=O)=O)CC1. The van der Waals surface area contributed by atoms with Crippen LogP contribution < -0.4 is 5.73 Å². The van der Waals surface area contributed by atoms with Gasteiger partial charge in [0.2, 0.25) is 0 Å². The van der Waals surface area contributed by atoms with Crippen LogP contribution in [0, 0.1) is 5.92 Å². The minimum atomic E-state index is -2.87. The minimum absolute atomic E-state index is 0.229. The van der Waals surface area contributed by atoms with Gasteiger partial charge in [-0.1, -0.05) is 26.2 Å². The van der Waals surface area contributed by atoms with Crippen LogP contribution in [0.4, 0.5) is 0 Å². The fourth-order valence-electron chi connectivity index (χ4n) is 2.55. The molecule has 0 amide bonds. The summed E-state index contributed by atoms with van der Waals surface area (Å²) in [5.74, 6) is 1.03. The molecule has 96 valence electrons. The quantitative estimate of drug-likeness (QED) is 0.774. The van der Waals surface area contributed by atoms with Gasteiger partial charge in [-0.25, -0.2) is 8.42 Å². The molecule has 0 spiro atoms. The lowest BCUT2D eigenvalue weighted by atomic mass is 9.88. The standard InChI is InChI=1S/C12H25NO2S/c1-3-11-5-4-7-12(13,8-6-11)9-10-16(2,14)15/h11H,3-10,13H2,1-2H3. The zero-order valence-corrected chi connectivity index (χ0v) is 11.4. The predicted molar refractivity (Wildman–Crippen MR) is 68.1 cm³/mol. The Balaban J connectivity index is 2.50. The summed E-state index contributed by atoms with van der Waals surface area (Å²) < 4.78 is 22.3. The molecule has 0 aliphatic heterocycles. The van der Waals surface area contributed by atoms with Crippen molar-refractivity contribution in [2.24, 2.45) is 11.7 Å². The topological polar surface area (TPSA) is 60.2 Å². The molecule has 4 heteroatoms. The van der Waals surface area contributed by atoms with Crippen molar-refractivity contribution in [2.75, 3.05) is 12.0 Å². The molecule has 0 aromatic carbocycles. The Kier molecular flexibility index (Phi) is 4.80. The molecule has 16 heavy (non-hydrogen) atoms. The highest BCUT2D eigenvalue weighted by Gasteiger charge is 2.29. The highest BCUT2D eigenvalue weighted by molar-refractivity contribution is 7.90. The Labute approximate surface area is 99.7 Å². The fraction of sp³-hybridized carbons (Fsp3) is 1.00. The molecular formula is C12H25NO2S. The Morgan fingerprint density at radius 1 is 1.31 bits per heavy atom. The van der Waals surface area contributed by atoms with E-state index in [0.717, 1.165) is 31.6 Å². The van der Waals surface area contributed by atoms with E-state index in [-0.39, 0.29) is 11.3 Å². The van der Waals surface area contributed by atoms with Crippen LogP contribution in [0.5, 0.6) is 0 Å². The van der Waals surface area contributed by atoms with Crippen molar-refractivity contribution in [3.63, 3.8) is 0 Å². The third-order valence-electron chi connectivity index (χ3n) is 3.89. The lowest BCUT2D eigenvalue weighted by molar-refractivity contribution is 0.350. The lowest BCUT2D eigenvalue weighted by Crippen LogP contribution is -2.40. The zero-order chi connectivity index (χ0) is 12.2. The molecule has 0 bridgehead atoms. The molecule has 0 heterocycles. The first-order chi connectivity index (χ1) is 7.35. The molecule has 0 aromatic rings. The summed E-state index contributed by atoms with van der Waals surface area (Å²) >= 11 is 0. The molecule has 1 aliphatic carbocycles. The Hall–Kier alpha value is -0.0900. The molecule has 1 aliphatic rings. The first-order valence-corrected chi connectivity index (χ1v) is 8.37. The number of nitrogens with two attached hydrogens (primary N) is 1. The maximum Gasteiger partial charge on any atom is 0.147 e. The molecule has 2 atom stereocenters. The zero-order valence-electron chi connectivity index (χ0n) is 10.5. The number of hydrogen-bond acceptors (Lipinski definition) is 3. The summed E-state index contributed by atoms with van der Waals surface area (Å²) in [6, 6.07) is 0. The van der Waals surface area contributed by atoms with Crippen LogP contribution in [0.3, 0.4) is 0 Å². The van der Waals surface area contributed by atoms with Gasteiger partial charge in [0.05, 0.1) is 5.75 Å². The van der Waals surface area contributed by atoms with Gasteiger partial charge >= 0.3 is 0 Å². The Morgan fingerprint density at radius 3 is 2.56 bits per heavy atom. The smallest absolute Gasteiger partial charge is 0.147 e. The van der Waals surface area contributed by atoms with Crippen molar-refractivity contribution in [3.8, 4) is 0 Å². The third-order valence-corrected chi connectivity index (χ3v) is 4.83. The Morgan fingerprint density at radius 2 is 2.00 bits per heavy atom. The number of hydrogen-bond donors (Lipinski definition) is 1. The van der Waals surface area contributed by atoms with Gasteiger partial charge in [-0.05, 0) is 31.6 Å². The van der Waals surface area contributed by atoms with Crippen LogP contribution in [0.1, 0.15) is 51.9 Å². The molecule has 1 rings (SSSR count). The van der Waals surface area contributed by atoms with E-state index in [9.17, 15) is 8.42 Å². The van der Waals surface area contributed by atoms with Crippen LogP contribution in [0.15, 0.2) is 0 Å². The highest BCUT2D eigenvalue weighted by atomic mass is 32.2. The molecule has 3 nitrogen and oxygen atoms in total. The minimum Gasteiger partial charge on any atom is -0.325 e. The molecule has 1 fully saturated rings. The van der Waals surface area contributed by atoms with E-state index in [2.05, 4.69) is 6.92 Å². The normalized spacial score (nSPS) is 32.3. The second kappa shape index (κ2) is 5.50. The van der Waals surface area contributed by atoms with E-state index in [1.807, 2.05) is 0 Å². The fourth-order valence-corrected chi connectivity index (χ4v) is 3.33. The van der Waals surface area contributed by atoms with E-state index in [4.69, 9.17) is 5.73 Å². The second-order valence-electron chi connectivity index (χ2n) is 5.45. The van der Waals surface area contributed by atoms with Crippen LogP contribution >= 0.6 is 0 Å². The van der Waals surface area contributed by atoms with E-state index >= 15 is 0 Å². The number of sulfone groups is 1. The first-order valence-electron chi connectivity index (χ1n) is 6.31. The number of rotatable bonds is 4. The summed E-state index contributed by atoms with van der Waals surface area (Å²) in [6.45, 7) is 2.23. The molecule has 0 saturated heterocycles. The lowest BCUT2D eigenvalue weighted by Gasteiger charge is -2.27. The van der Waals surface area contributed by atoms with E-state index < -0.39 is 9.84 Å². The van der Waals surface area contributed by atoms with E-state index in [0.29, 0.717) is 6.42 Å². The average molecular weight is 247 g/mol.